The third-order valence-corrected chi connectivity index (χ3v) is 4.47. The highest BCUT2D eigenvalue weighted by Crippen LogP contribution is 2.25. The van der Waals surface area contributed by atoms with E-state index in [0.717, 1.165) is 9.35 Å². The monoisotopic (exact) mass is 374 g/mol. The van der Waals surface area contributed by atoms with Gasteiger partial charge in [-0.05, 0) is 34.1 Å². The van der Waals surface area contributed by atoms with Crippen molar-refractivity contribution in [2.75, 3.05) is 0 Å². The predicted octanol–water partition coefficient (Wildman–Crippen LogP) is 4.00. The zero-order chi connectivity index (χ0) is 14.7. The van der Waals surface area contributed by atoms with Gasteiger partial charge in [0.1, 0.15) is 5.02 Å². The van der Waals surface area contributed by atoms with Crippen LogP contribution in [0.4, 0.5) is 5.69 Å². The third kappa shape index (κ3) is 3.56. The summed E-state index contributed by atoms with van der Waals surface area (Å²) in [5.41, 5.74) is -0.0742. The Hall–Kier alpha value is -1.44. The number of thiophene rings is 1. The van der Waals surface area contributed by atoms with Gasteiger partial charge in [-0.15, -0.1) is 11.3 Å². The van der Waals surface area contributed by atoms with Crippen molar-refractivity contribution in [3.8, 4) is 0 Å². The van der Waals surface area contributed by atoms with E-state index >= 15 is 0 Å². The smallest absolute Gasteiger partial charge is 0.288 e. The van der Waals surface area contributed by atoms with Crippen molar-refractivity contribution in [1.29, 1.82) is 0 Å². The van der Waals surface area contributed by atoms with Crippen LogP contribution in [0.2, 0.25) is 5.02 Å². The van der Waals surface area contributed by atoms with E-state index in [1.165, 1.54) is 29.5 Å². The standard InChI is InChI=1S/C12H8BrClN2O3S/c13-8-4-9(20-6-8)5-15-12(17)7-1-2-10(14)11(3-7)16(18)19/h1-4,6H,5H2,(H,15,17). The van der Waals surface area contributed by atoms with Gasteiger partial charge in [0, 0.05) is 26.4 Å². The first-order valence-corrected chi connectivity index (χ1v) is 7.47. The molecule has 104 valence electrons. The number of nitrogens with zero attached hydrogens (tertiary/aromatic N) is 1. The maximum Gasteiger partial charge on any atom is 0.288 e. The zero-order valence-electron chi connectivity index (χ0n) is 9.93. The Morgan fingerprint density at radius 2 is 2.20 bits per heavy atom. The van der Waals surface area contributed by atoms with E-state index in [1.54, 1.807) is 0 Å². The molecule has 1 amide bonds. The summed E-state index contributed by atoms with van der Waals surface area (Å²) in [6.07, 6.45) is 0. The highest BCUT2D eigenvalue weighted by molar-refractivity contribution is 9.10. The molecule has 1 N–H and O–H groups in total. The molecule has 0 saturated heterocycles. The number of hydrogen-bond donors (Lipinski definition) is 1. The van der Waals surface area contributed by atoms with Crippen molar-refractivity contribution in [1.82, 2.24) is 5.32 Å². The van der Waals surface area contributed by atoms with Gasteiger partial charge in [0.25, 0.3) is 11.6 Å². The van der Waals surface area contributed by atoms with Gasteiger partial charge < -0.3 is 5.32 Å². The van der Waals surface area contributed by atoms with Crippen LogP contribution >= 0.6 is 38.9 Å². The quantitative estimate of drug-likeness (QED) is 0.648. The summed E-state index contributed by atoms with van der Waals surface area (Å²) in [4.78, 5) is 23.1. The van der Waals surface area contributed by atoms with Crippen LogP contribution in [0.15, 0.2) is 34.1 Å². The summed E-state index contributed by atoms with van der Waals surface area (Å²) in [6, 6.07) is 5.86. The van der Waals surface area contributed by atoms with Crippen LogP contribution in [0, 0.1) is 10.1 Å². The summed E-state index contributed by atoms with van der Waals surface area (Å²) >= 11 is 10.5. The van der Waals surface area contributed by atoms with Gasteiger partial charge in [0.2, 0.25) is 0 Å². The molecule has 1 aromatic carbocycles. The second-order valence-corrected chi connectivity index (χ2v) is 6.16. The number of benzene rings is 1. The van der Waals surface area contributed by atoms with Gasteiger partial charge in [-0.25, -0.2) is 0 Å². The third-order valence-electron chi connectivity index (χ3n) is 2.45. The van der Waals surface area contributed by atoms with E-state index in [2.05, 4.69) is 21.2 Å². The number of amides is 1. The summed E-state index contributed by atoms with van der Waals surface area (Å²) in [5.74, 6) is -0.380. The molecule has 0 atom stereocenters. The molecule has 0 aliphatic rings. The predicted molar refractivity (Wildman–Crippen MR) is 81.3 cm³/mol. The van der Waals surface area contributed by atoms with Crippen LogP contribution in [0.1, 0.15) is 15.2 Å². The van der Waals surface area contributed by atoms with Gasteiger partial charge in [-0.1, -0.05) is 11.6 Å². The van der Waals surface area contributed by atoms with Gasteiger partial charge in [-0.2, -0.15) is 0 Å². The molecule has 0 bridgehead atoms. The molecule has 2 aromatic rings. The molecule has 0 aliphatic carbocycles. The van der Waals surface area contributed by atoms with Crippen molar-refractivity contribution < 1.29 is 9.72 Å². The molecule has 0 spiro atoms. The fraction of sp³-hybridized carbons (Fsp3) is 0.0833. The summed E-state index contributed by atoms with van der Waals surface area (Å²) in [5, 5.41) is 15.4. The number of halogens is 2. The second kappa shape index (κ2) is 6.34. The maximum absolute atomic E-state index is 11.9. The van der Waals surface area contributed by atoms with Crippen molar-refractivity contribution >= 4 is 50.5 Å². The molecular weight excluding hydrogens is 368 g/mol. The number of rotatable bonds is 4. The Bertz CT molecular complexity index is 674. The summed E-state index contributed by atoms with van der Waals surface area (Å²) in [7, 11) is 0. The van der Waals surface area contributed by atoms with E-state index in [0.29, 0.717) is 6.54 Å². The van der Waals surface area contributed by atoms with Gasteiger partial charge in [0.05, 0.1) is 11.5 Å². The van der Waals surface area contributed by atoms with E-state index in [-0.39, 0.29) is 22.2 Å². The first-order valence-electron chi connectivity index (χ1n) is 5.42. The molecule has 5 nitrogen and oxygen atoms in total. The lowest BCUT2D eigenvalue weighted by atomic mass is 10.2. The van der Waals surface area contributed by atoms with Crippen LogP contribution < -0.4 is 5.32 Å². The van der Waals surface area contributed by atoms with E-state index in [4.69, 9.17) is 11.6 Å². The van der Waals surface area contributed by atoms with Gasteiger partial charge in [0.15, 0.2) is 0 Å². The molecule has 0 unspecified atom stereocenters. The topological polar surface area (TPSA) is 72.2 Å². The highest BCUT2D eigenvalue weighted by atomic mass is 79.9. The average molecular weight is 376 g/mol. The molecule has 20 heavy (non-hydrogen) atoms. The lowest BCUT2D eigenvalue weighted by Gasteiger charge is -2.04. The Kier molecular flexibility index (Phi) is 4.74. The Labute approximate surface area is 131 Å². The normalized spacial score (nSPS) is 10.3. The fourth-order valence-electron chi connectivity index (χ4n) is 1.51. The minimum absolute atomic E-state index is 0.00809. The molecule has 0 aliphatic heterocycles. The molecular formula is C12H8BrClN2O3S. The molecule has 0 saturated carbocycles. The van der Waals surface area contributed by atoms with E-state index in [9.17, 15) is 14.9 Å². The Morgan fingerprint density at radius 3 is 2.80 bits per heavy atom. The number of nitro benzene ring substituents is 1. The molecule has 2 rings (SSSR count). The Balaban J connectivity index is 2.09. The second-order valence-electron chi connectivity index (χ2n) is 3.84. The van der Waals surface area contributed by atoms with Gasteiger partial charge >= 0.3 is 0 Å². The molecule has 1 heterocycles. The number of hydrogen-bond acceptors (Lipinski definition) is 4. The van der Waals surface area contributed by atoms with E-state index < -0.39 is 4.92 Å². The van der Waals surface area contributed by atoms with Gasteiger partial charge in [-0.3, -0.25) is 14.9 Å². The maximum atomic E-state index is 11.9. The van der Waals surface area contributed by atoms with Crippen molar-refractivity contribution in [2.45, 2.75) is 6.54 Å². The summed E-state index contributed by atoms with van der Waals surface area (Å²) in [6.45, 7) is 0.367. The molecule has 8 heteroatoms. The molecule has 0 radical (unpaired) electrons. The number of carbonyl (C=O) groups is 1. The highest BCUT2D eigenvalue weighted by Gasteiger charge is 2.16. The van der Waals surface area contributed by atoms with Crippen molar-refractivity contribution in [3.05, 3.63) is 59.7 Å². The lowest BCUT2D eigenvalue weighted by Crippen LogP contribution is -2.22. The zero-order valence-corrected chi connectivity index (χ0v) is 13.1. The Morgan fingerprint density at radius 1 is 1.45 bits per heavy atom. The van der Waals surface area contributed by atoms with Crippen molar-refractivity contribution in [3.63, 3.8) is 0 Å². The minimum Gasteiger partial charge on any atom is -0.347 e. The number of nitrogens with one attached hydrogen (secondary N) is 1. The van der Waals surface area contributed by atoms with Crippen LogP contribution in [0.25, 0.3) is 0 Å². The van der Waals surface area contributed by atoms with Crippen LogP contribution in [0.3, 0.4) is 0 Å². The largest absolute Gasteiger partial charge is 0.347 e. The number of carbonyl (C=O) groups excluding carboxylic acids is 1. The fourth-order valence-corrected chi connectivity index (χ4v) is 3.09. The van der Waals surface area contributed by atoms with Crippen molar-refractivity contribution in [2.24, 2.45) is 0 Å². The van der Waals surface area contributed by atoms with Crippen LogP contribution in [-0.4, -0.2) is 10.8 Å². The first kappa shape index (κ1) is 15.0. The average Bonchev–Trinajstić information content (AvgIpc) is 2.82. The summed E-state index contributed by atoms with van der Waals surface area (Å²) < 4.78 is 0.953. The first-order chi connectivity index (χ1) is 9.47. The minimum atomic E-state index is -0.616. The molecule has 1 aromatic heterocycles. The van der Waals surface area contributed by atoms with E-state index in [1.807, 2.05) is 11.4 Å². The molecule has 0 fully saturated rings. The SMILES string of the molecule is O=C(NCc1cc(Br)cs1)c1ccc(Cl)c([N+](=O)[O-])c1. The van der Waals surface area contributed by atoms with Crippen LogP contribution in [-0.2, 0) is 6.54 Å². The lowest BCUT2D eigenvalue weighted by molar-refractivity contribution is -0.384. The van der Waals surface area contributed by atoms with Crippen LogP contribution in [0.5, 0.6) is 0 Å². The number of nitro groups is 1.